The van der Waals surface area contributed by atoms with Gasteiger partial charge in [-0.05, 0) is 39.0 Å². The molecule has 118 valence electrons. The minimum atomic E-state index is 0.292. The van der Waals surface area contributed by atoms with Crippen molar-refractivity contribution in [1.82, 2.24) is 10.2 Å². The quantitative estimate of drug-likeness (QED) is 0.690. The summed E-state index contributed by atoms with van der Waals surface area (Å²) >= 11 is 0. The van der Waals surface area contributed by atoms with Crippen LogP contribution in [0.4, 0.5) is 0 Å². The number of hydrogen-bond donors (Lipinski definition) is 1. The van der Waals surface area contributed by atoms with E-state index in [9.17, 15) is 4.79 Å². The molecule has 0 aromatic rings. The first-order chi connectivity index (χ1) is 9.71. The van der Waals surface area contributed by atoms with Gasteiger partial charge in [0.15, 0.2) is 0 Å². The largest absolute Gasteiger partial charge is 0.343 e. The summed E-state index contributed by atoms with van der Waals surface area (Å²) in [5.74, 6) is 1.24. The molecule has 0 radical (unpaired) electrons. The minimum Gasteiger partial charge on any atom is -0.343 e. The summed E-state index contributed by atoms with van der Waals surface area (Å²) in [4.78, 5) is 13.9. The third kappa shape index (κ3) is 6.25. The Morgan fingerprint density at radius 2 is 1.85 bits per heavy atom. The summed E-state index contributed by atoms with van der Waals surface area (Å²) in [6, 6.07) is 0.640. The summed E-state index contributed by atoms with van der Waals surface area (Å²) in [6.07, 6.45) is 10.1. The number of carbonyl (C=O) groups excluding carboxylic acids is 1. The second-order valence-corrected chi connectivity index (χ2v) is 6.13. The van der Waals surface area contributed by atoms with E-state index in [1.807, 2.05) is 18.7 Å². The van der Waals surface area contributed by atoms with Crippen LogP contribution in [-0.4, -0.2) is 36.5 Å². The molecule has 1 rings (SSSR count). The van der Waals surface area contributed by atoms with E-state index in [0.29, 0.717) is 18.4 Å². The van der Waals surface area contributed by atoms with Crippen molar-refractivity contribution >= 4 is 5.91 Å². The van der Waals surface area contributed by atoms with Crippen molar-refractivity contribution < 1.29 is 4.79 Å². The molecular weight excluding hydrogens is 248 g/mol. The standard InChI is InChI=1S/C17H34N2O/c1-4-8-15-9-7-10-16(12-11-15)18-14-13-17(20)19(5-2)6-3/h15-16,18H,4-14H2,1-3H3. The molecule has 0 aliphatic heterocycles. The Balaban J connectivity index is 2.20. The lowest BCUT2D eigenvalue weighted by molar-refractivity contribution is -0.130. The van der Waals surface area contributed by atoms with Crippen LogP contribution in [0, 0.1) is 5.92 Å². The maximum Gasteiger partial charge on any atom is 0.223 e. The summed E-state index contributed by atoms with van der Waals surface area (Å²) in [7, 11) is 0. The first-order valence-electron chi connectivity index (χ1n) is 8.72. The van der Waals surface area contributed by atoms with Gasteiger partial charge in [-0.3, -0.25) is 4.79 Å². The molecule has 1 N–H and O–H groups in total. The van der Waals surface area contributed by atoms with Gasteiger partial charge in [0.25, 0.3) is 0 Å². The number of carbonyl (C=O) groups is 1. The predicted octanol–water partition coefficient (Wildman–Crippen LogP) is 3.58. The lowest BCUT2D eigenvalue weighted by atomic mass is 9.95. The molecule has 2 atom stereocenters. The van der Waals surface area contributed by atoms with Crippen molar-refractivity contribution in [1.29, 1.82) is 0 Å². The van der Waals surface area contributed by atoms with Gasteiger partial charge in [-0.15, -0.1) is 0 Å². The molecule has 0 aromatic carbocycles. The Hall–Kier alpha value is -0.570. The highest BCUT2D eigenvalue weighted by Gasteiger charge is 2.18. The highest BCUT2D eigenvalue weighted by molar-refractivity contribution is 5.76. The van der Waals surface area contributed by atoms with Crippen LogP contribution in [0.25, 0.3) is 0 Å². The molecule has 0 bridgehead atoms. The molecule has 0 spiro atoms. The van der Waals surface area contributed by atoms with Gasteiger partial charge in [0.2, 0.25) is 5.91 Å². The summed E-state index contributed by atoms with van der Waals surface area (Å²) in [5.41, 5.74) is 0. The third-order valence-corrected chi connectivity index (χ3v) is 4.67. The smallest absolute Gasteiger partial charge is 0.223 e. The number of rotatable bonds is 8. The molecule has 1 amide bonds. The van der Waals surface area contributed by atoms with Crippen molar-refractivity contribution in [2.24, 2.45) is 5.92 Å². The van der Waals surface area contributed by atoms with Crippen LogP contribution in [0.3, 0.4) is 0 Å². The van der Waals surface area contributed by atoms with Gasteiger partial charge in [-0.25, -0.2) is 0 Å². The van der Waals surface area contributed by atoms with Crippen LogP contribution in [0.15, 0.2) is 0 Å². The van der Waals surface area contributed by atoms with E-state index in [-0.39, 0.29) is 0 Å². The van der Waals surface area contributed by atoms with Gasteiger partial charge in [-0.1, -0.05) is 32.6 Å². The predicted molar refractivity (Wildman–Crippen MR) is 85.8 cm³/mol. The van der Waals surface area contributed by atoms with E-state index >= 15 is 0 Å². The van der Waals surface area contributed by atoms with Gasteiger partial charge >= 0.3 is 0 Å². The van der Waals surface area contributed by atoms with Crippen LogP contribution < -0.4 is 5.32 Å². The molecule has 0 heterocycles. The van der Waals surface area contributed by atoms with E-state index in [1.165, 1.54) is 44.9 Å². The highest BCUT2D eigenvalue weighted by Crippen LogP contribution is 2.26. The van der Waals surface area contributed by atoms with Crippen LogP contribution >= 0.6 is 0 Å². The summed E-state index contributed by atoms with van der Waals surface area (Å²) in [5, 5.41) is 3.61. The second-order valence-electron chi connectivity index (χ2n) is 6.13. The van der Waals surface area contributed by atoms with Crippen molar-refractivity contribution in [3.05, 3.63) is 0 Å². The number of hydrogen-bond acceptors (Lipinski definition) is 2. The molecule has 1 saturated carbocycles. The van der Waals surface area contributed by atoms with E-state index < -0.39 is 0 Å². The fraction of sp³-hybridized carbons (Fsp3) is 0.941. The highest BCUT2D eigenvalue weighted by atomic mass is 16.2. The Morgan fingerprint density at radius 1 is 1.10 bits per heavy atom. The fourth-order valence-corrected chi connectivity index (χ4v) is 3.40. The molecule has 1 aliphatic rings. The van der Waals surface area contributed by atoms with Gasteiger partial charge in [0.1, 0.15) is 0 Å². The number of amides is 1. The Labute approximate surface area is 125 Å². The molecule has 1 aliphatic carbocycles. The van der Waals surface area contributed by atoms with Gasteiger partial charge < -0.3 is 10.2 Å². The SMILES string of the molecule is CCCC1CCCC(NCCC(=O)N(CC)CC)CC1. The van der Waals surface area contributed by atoms with Gasteiger partial charge in [0, 0.05) is 32.1 Å². The fourth-order valence-electron chi connectivity index (χ4n) is 3.40. The van der Waals surface area contributed by atoms with Crippen molar-refractivity contribution in [3.63, 3.8) is 0 Å². The lowest BCUT2D eigenvalue weighted by Crippen LogP contribution is -2.35. The minimum absolute atomic E-state index is 0.292. The average molecular weight is 282 g/mol. The normalized spacial score (nSPS) is 23.4. The van der Waals surface area contributed by atoms with Crippen molar-refractivity contribution in [2.75, 3.05) is 19.6 Å². The van der Waals surface area contributed by atoms with Crippen LogP contribution in [-0.2, 0) is 4.79 Å². The van der Waals surface area contributed by atoms with E-state index in [0.717, 1.165) is 25.6 Å². The first kappa shape index (κ1) is 17.5. The molecule has 3 heteroatoms. The maximum atomic E-state index is 11.9. The molecule has 1 fully saturated rings. The Morgan fingerprint density at radius 3 is 2.50 bits per heavy atom. The topological polar surface area (TPSA) is 32.3 Å². The second kappa shape index (κ2) is 10.2. The maximum absolute atomic E-state index is 11.9. The van der Waals surface area contributed by atoms with Crippen LogP contribution in [0.5, 0.6) is 0 Å². The number of nitrogens with zero attached hydrogens (tertiary/aromatic N) is 1. The van der Waals surface area contributed by atoms with Crippen molar-refractivity contribution in [3.8, 4) is 0 Å². The zero-order valence-electron chi connectivity index (χ0n) is 13.8. The van der Waals surface area contributed by atoms with Gasteiger partial charge in [0.05, 0.1) is 0 Å². The van der Waals surface area contributed by atoms with Crippen LogP contribution in [0.2, 0.25) is 0 Å². The third-order valence-electron chi connectivity index (χ3n) is 4.67. The molecular formula is C17H34N2O. The molecule has 20 heavy (non-hydrogen) atoms. The average Bonchev–Trinajstić information content (AvgIpc) is 2.66. The van der Waals surface area contributed by atoms with E-state index in [4.69, 9.17) is 0 Å². The molecule has 0 saturated heterocycles. The monoisotopic (exact) mass is 282 g/mol. The Kier molecular flexibility index (Phi) is 8.92. The molecule has 2 unspecified atom stereocenters. The Bertz CT molecular complexity index is 264. The zero-order valence-corrected chi connectivity index (χ0v) is 13.8. The summed E-state index contributed by atoms with van der Waals surface area (Å²) in [6.45, 7) is 8.90. The van der Waals surface area contributed by atoms with Gasteiger partial charge in [-0.2, -0.15) is 0 Å². The summed E-state index contributed by atoms with van der Waals surface area (Å²) < 4.78 is 0. The van der Waals surface area contributed by atoms with Crippen molar-refractivity contribution in [2.45, 2.75) is 78.2 Å². The van der Waals surface area contributed by atoms with E-state index in [2.05, 4.69) is 12.2 Å². The zero-order chi connectivity index (χ0) is 14.8. The van der Waals surface area contributed by atoms with E-state index in [1.54, 1.807) is 0 Å². The first-order valence-corrected chi connectivity index (χ1v) is 8.72. The number of nitrogens with one attached hydrogen (secondary N) is 1. The van der Waals surface area contributed by atoms with Crippen LogP contribution in [0.1, 0.15) is 72.1 Å². The lowest BCUT2D eigenvalue weighted by Gasteiger charge is -2.20. The molecule has 3 nitrogen and oxygen atoms in total. The molecule has 0 aromatic heterocycles.